The van der Waals surface area contributed by atoms with Gasteiger partial charge in [0.25, 0.3) is 0 Å². The van der Waals surface area contributed by atoms with Crippen LogP contribution in [0.1, 0.15) is 0 Å². The van der Waals surface area contributed by atoms with E-state index in [-0.39, 0.29) is 0 Å². The van der Waals surface area contributed by atoms with Crippen LogP contribution in [0.4, 0.5) is 0 Å². The first-order chi connectivity index (χ1) is 5.18. The second-order valence-corrected chi connectivity index (χ2v) is 3.73. The summed E-state index contributed by atoms with van der Waals surface area (Å²) >= 11 is 2.15. The van der Waals surface area contributed by atoms with Crippen molar-refractivity contribution in [3.63, 3.8) is 0 Å². The summed E-state index contributed by atoms with van der Waals surface area (Å²) < 4.78 is 5.72. The fourth-order valence-electron chi connectivity index (χ4n) is 0.590. The van der Waals surface area contributed by atoms with E-state index in [1.807, 2.05) is 12.1 Å². The Balaban J connectivity index is 2.66. The zero-order valence-electron chi connectivity index (χ0n) is 5.44. The van der Waals surface area contributed by atoms with Crippen LogP contribution in [0.2, 0.25) is 0 Å². The van der Waals surface area contributed by atoms with Crippen LogP contribution in [-0.4, -0.2) is 9.79 Å². The molecule has 60 valence electrons. The van der Waals surface area contributed by atoms with E-state index in [2.05, 4.69) is 27.1 Å². The molecule has 0 saturated heterocycles. The van der Waals surface area contributed by atoms with Crippen LogP contribution in [-0.2, 0) is 0 Å². The summed E-state index contributed by atoms with van der Waals surface area (Å²) in [6.07, 6.45) is 0. The lowest BCUT2D eigenvalue weighted by atomic mass is 10.3. The first kappa shape index (κ1) is 9.19. The van der Waals surface area contributed by atoms with Crippen molar-refractivity contribution in [2.45, 2.75) is 0 Å². The first-order valence-corrected chi connectivity index (χ1v) is 5.04. The van der Waals surface area contributed by atoms with E-state index in [4.69, 9.17) is 9.79 Å². The van der Waals surface area contributed by atoms with Crippen LogP contribution in [0.25, 0.3) is 0 Å². The van der Waals surface area contributed by atoms with E-state index in [9.17, 15) is 0 Å². The van der Waals surface area contributed by atoms with Gasteiger partial charge in [-0.2, -0.15) is 0 Å². The highest BCUT2D eigenvalue weighted by Crippen LogP contribution is 2.28. The van der Waals surface area contributed by atoms with Gasteiger partial charge in [-0.15, -0.1) is 0 Å². The van der Waals surface area contributed by atoms with E-state index in [1.165, 1.54) is 0 Å². The summed E-state index contributed by atoms with van der Waals surface area (Å²) in [5.41, 5.74) is 0. The van der Waals surface area contributed by atoms with Gasteiger partial charge in [0.15, 0.2) is 0 Å². The van der Waals surface area contributed by atoms with Gasteiger partial charge >= 0.3 is 8.60 Å². The van der Waals surface area contributed by atoms with Crippen molar-refractivity contribution in [1.82, 2.24) is 0 Å². The molecule has 0 bridgehead atoms. The highest BCUT2D eigenvalue weighted by molar-refractivity contribution is 14.1. The predicted octanol–water partition coefficient (Wildman–Crippen LogP) is 1.88. The Morgan fingerprint density at radius 2 is 1.73 bits per heavy atom. The zero-order valence-corrected chi connectivity index (χ0v) is 8.49. The molecule has 0 fully saturated rings. The summed E-state index contributed by atoms with van der Waals surface area (Å²) in [5.74, 6) is 0.474. The normalized spacial score (nSPS) is 10.2. The highest BCUT2D eigenvalue weighted by Gasteiger charge is 2.00. The quantitative estimate of drug-likeness (QED) is 0.644. The summed E-state index contributed by atoms with van der Waals surface area (Å²) in [7, 11) is -2.29. The molecule has 0 unspecified atom stereocenters. The second-order valence-electron chi connectivity index (χ2n) is 1.80. The Labute approximate surface area is 79.2 Å². The molecule has 5 heteroatoms. The Bertz CT molecular complexity index is 224. The zero-order chi connectivity index (χ0) is 8.27. The molecule has 0 aromatic heterocycles. The van der Waals surface area contributed by atoms with Crippen LogP contribution in [0.15, 0.2) is 24.3 Å². The summed E-state index contributed by atoms with van der Waals surface area (Å²) in [6, 6.07) is 7.02. The van der Waals surface area contributed by atoms with E-state index in [0.717, 1.165) is 3.57 Å². The van der Waals surface area contributed by atoms with Crippen molar-refractivity contribution in [3.8, 4) is 5.75 Å². The monoisotopic (exact) mass is 284 g/mol. The summed E-state index contributed by atoms with van der Waals surface area (Å²) in [4.78, 5) is 16.9. The van der Waals surface area contributed by atoms with E-state index >= 15 is 0 Å². The molecule has 0 atom stereocenters. The third-order valence-corrected chi connectivity index (χ3v) is 2.09. The minimum Gasteiger partial charge on any atom is -0.427 e. The van der Waals surface area contributed by atoms with Crippen molar-refractivity contribution < 1.29 is 14.3 Å². The Hall–Kier alpha value is 0.100. The molecule has 3 nitrogen and oxygen atoms in total. The number of rotatable bonds is 2. The molecule has 0 spiro atoms. The molecule has 0 saturated carbocycles. The van der Waals surface area contributed by atoms with Gasteiger partial charge in [0.05, 0.1) is 0 Å². The molecule has 0 amide bonds. The first-order valence-electron chi connectivity index (χ1n) is 2.80. The molecular formula is C6H6IO3P. The van der Waals surface area contributed by atoms with Crippen LogP contribution >= 0.6 is 31.2 Å². The number of benzene rings is 1. The maximum absolute atomic E-state index is 8.47. The van der Waals surface area contributed by atoms with Crippen molar-refractivity contribution in [1.29, 1.82) is 0 Å². The van der Waals surface area contributed by atoms with Gasteiger partial charge in [0.1, 0.15) is 5.75 Å². The Kier molecular flexibility index (Phi) is 3.51. The van der Waals surface area contributed by atoms with Gasteiger partial charge in [-0.05, 0) is 46.9 Å². The smallest absolute Gasteiger partial charge is 0.391 e. The lowest BCUT2D eigenvalue weighted by molar-refractivity contribution is 0.375. The molecular weight excluding hydrogens is 278 g/mol. The lowest BCUT2D eigenvalue weighted by Gasteiger charge is -2.03. The van der Waals surface area contributed by atoms with Gasteiger partial charge < -0.3 is 14.3 Å². The van der Waals surface area contributed by atoms with Gasteiger partial charge in [-0.25, -0.2) is 0 Å². The molecule has 1 rings (SSSR count). The number of hydrogen-bond acceptors (Lipinski definition) is 3. The highest BCUT2D eigenvalue weighted by atomic mass is 127. The van der Waals surface area contributed by atoms with Crippen molar-refractivity contribution in [2.75, 3.05) is 0 Å². The predicted molar refractivity (Wildman–Crippen MR) is 51.1 cm³/mol. The number of hydrogen-bond donors (Lipinski definition) is 2. The molecule has 0 aliphatic rings. The number of halogens is 1. The third kappa shape index (κ3) is 3.33. The standard InChI is InChI=1S/C6H6IO3P/c7-5-1-3-6(4-2-5)10-11(8)9/h1-4,8-9H. The maximum atomic E-state index is 8.47. The summed E-state index contributed by atoms with van der Waals surface area (Å²) in [6.45, 7) is 0. The van der Waals surface area contributed by atoms with E-state index < -0.39 is 8.60 Å². The third-order valence-electron chi connectivity index (χ3n) is 1.00. The van der Waals surface area contributed by atoms with Crippen molar-refractivity contribution in [2.24, 2.45) is 0 Å². The average Bonchev–Trinajstić information content (AvgIpc) is 1.93. The van der Waals surface area contributed by atoms with Crippen LogP contribution in [0.5, 0.6) is 5.75 Å². The van der Waals surface area contributed by atoms with Gasteiger partial charge in [0, 0.05) is 3.57 Å². The van der Waals surface area contributed by atoms with Crippen LogP contribution in [0, 0.1) is 3.57 Å². The average molecular weight is 284 g/mol. The molecule has 1 aromatic carbocycles. The SMILES string of the molecule is OP(O)Oc1ccc(I)cc1. The van der Waals surface area contributed by atoms with Crippen LogP contribution < -0.4 is 4.52 Å². The summed E-state index contributed by atoms with van der Waals surface area (Å²) in [5, 5.41) is 0. The van der Waals surface area contributed by atoms with Crippen LogP contribution in [0.3, 0.4) is 0 Å². The largest absolute Gasteiger partial charge is 0.427 e. The molecule has 0 aliphatic carbocycles. The lowest BCUT2D eigenvalue weighted by Crippen LogP contribution is -1.84. The van der Waals surface area contributed by atoms with Gasteiger partial charge in [0.2, 0.25) is 0 Å². The molecule has 1 aromatic rings. The minimum absolute atomic E-state index is 0.474. The van der Waals surface area contributed by atoms with E-state index in [1.54, 1.807) is 12.1 Å². The van der Waals surface area contributed by atoms with Gasteiger partial charge in [-0.3, -0.25) is 0 Å². The maximum Gasteiger partial charge on any atom is 0.391 e. The molecule has 0 aliphatic heterocycles. The van der Waals surface area contributed by atoms with E-state index in [0.29, 0.717) is 5.75 Å². The molecule has 11 heavy (non-hydrogen) atoms. The Morgan fingerprint density at radius 3 is 2.18 bits per heavy atom. The van der Waals surface area contributed by atoms with Crippen molar-refractivity contribution in [3.05, 3.63) is 27.8 Å². The second kappa shape index (κ2) is 4.21. The fraction of sp³-hybridized carbons (Fsp3) is 0. The molecule has 0 heterocycles. The fourth-order valence-corrected chi connectivity index (χ4v) is 1.26. The topological polar surface area (TPSA) is 49.7 Å². The Morgan fingerprint density at radius 1 is 1.18 bits per heavy atom. The van der Waals surface area contributed by atoms with Crippen molar-refractivity contribution >= 4 is 31.2 Å². The molecule has 2 N–H and O–H groups in total. The minimum atomic E-state index is -2.29. The molecule has 0 radical (unpaired) electrons. The van der Waals surface area contributed by atoms with Gasteiger partial charge in [-0.1, -0.05) is 0 Å².